The van der Waals surface area contributed by atoms with Gasteiger partial charge >= 0.3 is 5.51 Å². The minimum atomic E-state index is -4.29. The predicted octanol–water partition coefficient (Wildman–Crippen LogP) is 4.94. The lowest BCUT2D eigenvalue weighted by molar-refractivity contribution is -0.0328. The lowest BCUT2D eigenvalue weighted by atomic mass is 10.1. The fourth-order valence-electron chi connectivity index (χ4n) is 4.81. The summed E-state index contributed by atoms with van der Waals surface area (Å²) in [5, 5.41) is 0. The zero-order valence-corrected chi connectivity index (χ0v) is 21.1. The molecule has 0 spiro atoms. The number of nitrogens with zero attached hydrogens (tertiary/aromatic N) is 5. The van der Waals surface area contributed by atoms with Crippen molar-refractivity contribution in [2.45, 2.75) is 16.9 Å². The molecule has 6 nitrogen and oxygen atoms in total. The van der Waals surface area contributed by atoms with Gasteiger partial charge in [-0.1, -0.05) is 18.2 Å². The Morgan fingerprint density at radius 2 is 1.51 bits per heavy atom. The summed E-state index contributed by atoms with van der Waals surface area (Å²) in [5.74, 6) is 0.00428. The second-order valence-electron chi connectivity index (χ2n) is 9.15. The molecule has 3 heterocycles. The Bertz CT molecular complexity index is 1200. The number of rotatable bonds is 6. The van der Waals surface area contributed by atoms with Gasteiger partial charge in [-0.25, -0.2) is 0 Å². The third kappa shape index (κ3) is 6.37. The van der Waals surface area contributed by atoms with Crippen LogP contribution in [0.3, 0.4) is 0 Å². The number of hydrogen-bond donors (Lipinski definition) is 0. The van der Waals surface area contributed by atoms with Crippen molar-refractivity contribution in [2.75, 3.05) is 55.7 Å². The molecule has 0 saturated carbocycles. The minimum absolute atomic E-state index is 0.00428. The minimum Gasteiger partial charge on any atom is -0.368 e. The van der Waals surface area contributed by atoms with E-state index in [1.54, 1.807) is 24.5 Å². The first-order chi connectivity index (χ1) is 17.9. The number of carbonyl (C=O) groups excluding carboxylic acids is 1. The normalized spacial score (nSPS) is 16.9. The number of pyridine rings is 1. The van der Waals surface area contributed by atoms with Gasteiger partial charge in [0.05, 0.1) is 12.2 Å². The molecule has 1 amide bonds. The molecule has 0 bridgehead atoms. The van der Waals surface area contributed by atoms with Crippen molar-refractivity contribution >= 4 is 29.0 Å². The number of hydrogen-bond acceptors (Lipinski definition) is 6. The number of para-hydroxylation sites is 1. The number of amides is 1. The van der Waals surface area contributed by atoms with Gasteiger partial charge in [-0.05, 0) is 59.8 Å². The van der Waals surface area contributed by atoms with E-state index in [1.807, 2.05) is 29.2 Å². The van der Waals surface area contributed by atoms with E-state index in [9.17, 15) is 18.0 Å². The topological polar surface area (TPSA) is 42.9 Å². The van der Waals surface area contributed by atoms with Crippen LogP contribution in [-0.4, -0.2) is 72.1 Å². The van der Waals surface area contributed by atoms with Crippen LogP contribution in [0.2, 0.25) is 0 Å². The fourth-order valence-corrected chi connectivity index (χ4v) is 5.35. The number of benzene rings is 2. The molecule has 0 N–H and O–H groups in total. The van der Waals surface area contributed by atoms with Crippen molar-refractivity contribution in [2.24, 2.45) is 0 Å². The molecule has 5 rings (SSSR count). The lowest BCUT2D eigenvalue weighted by Gasteiger charge is -2.36. The Kier molecular flexibility index (Phi) is 7.57. The molecular weight excluding hydrogens is 499 g/mol. The van der Waals surface area contributed by atoms with Crippen LogP contribution in [0.5, 0.6) is 0 Å². The van der Waals surface area contributed by atoms with E-state index in [0.717, 1.165) is 37.4 Å². The van der Waals surface area contributed by atoms with Gasteiger partial charge in [-0.15, -0.1) is 0 Å². The van der Waals surface area contributed by atoms with Gasteiger partial charge in [0.1, 0.15) is 0 Å². The second-order valence-corrected chi connectivity index (χ2v) is 10.3. The van der Waals surface area contributed by atoms with Crippen molar-refractivity contribution in [3.8, 4) is 0 Å². The summed E-state index contributed by atoms with van der Waals surface area (Å²) in [6, 6.07) is 18.6. The van der Waals surface area contributed by atoms with Crippen LogP contribution in [0.1, 0.15) is 15.9 Å². The quantitative estimate of drug-likeness (QED) is 0.424. The van der Waals surface area contributed by atoms with E-state index < -0.39 is 5.51 Å². The standard InChI is InChI=1S/C27H28F3N5OS/c28-27(29,30)37-24-8-6-23(7-9-24)35-13-12-32(20-35)19-21-10-11-31-18-25(21)26(36)34-16-14-33(15-17-34)22-4-2-1-3-5-22/h1-11,18H,12-17,19-20H2. The Balaban J connectivity index is 1.19. The molecule has 37 heavy (non-hydrogen) atoms. The van der Waals surface area contributed by atoms with Crippen LogP contribution in [-0.2, 0) is 6.54 Å². The summed E-state index contributed by atoms with van der Waals surface area (Å²) in [6.07, 6.45) is 3.37. The zero-order chi connectivity index (χ0) is 25.8. The van der Waals surface area contributed by atoms with Crippen LogP contribution in [0, 0.1) is 0 Å². The average Bonchev–Trinajstić information content (AvgIpc) is 3.37. The van der Waals surface area contributed by atoms with E-state index in [2.05, 4.69) is 31.8 Å². The van der Waals surface area contributed by atoms with Crippen LogP contribution in [0.15, 0.2) is 78.0 Å². The number of aromatic nitrogens is 1. The molecule has 3 aromatic rings. The monoisotopic (exact) mass is 527 g/mol. The molecular formula is C27H28F3N5OS. The van der Waals surface area contributed by atoms with Gasteiger partial charge in [0.25, 0.3) is 5.91 Å². The summed E-state index contributed by atoms with van der Waals surface area (Å²) < 4.78 is 37.8. The Labute approximate surface area is 218 Å². The molecule has 10 heteroatoms. The van der Waals surface area contributed by atoms with Crippen LogP contribution in [0.4, 0.5) is 24.5 Å². The number of halogens is 3. The van der Waals surface area contributed by atoms with Crippen molar-refractivity contribution in [3.63, 3.8) is 0 Å². The predicted molar refractivity (Wildman–Crippen MR) is 140 cm³/mol. The zero-order valence-electron chi connectivity index (χ0n) is 20.3. The maximum atomic E-state index is 13.4. The highest BCUT2D eigenvalue weighted by molar-refractivity contribution is 8.00. The van der Waals surface area contributed by atoms with Crippen LogP contribution < -0.4 is 9.80 Å². The molecule has 0 atom stereocenters. The summed E-state index contributed by atoms with van der Waals surface area (Å²) in [6.45, 7) is 5.68. The number of alkyl halides is 3. The van der Waals surface area contributed by atoms with Crippen LogP contribution >= 0.6 is 11.8 Å². The first kappa shape index (κ1) is 25.4. The molecule has 2 aromatic carbocycles. The summed E-state index contributed by atoms with van der Waals surface area (Å²) >= 11 is -0.104. The Morgan fingerprint density at radius 1 is 0.838 bits per heavy atom. The smallest absolute Gasteiger partial charge is 0.368 e. The van der Waals surface area contributed by atoms with Crippen molar-refractivity contribution < 1.29 is 18.0 Å². The number of thioether (sulfide) groups is 1. The lowest BCUT2D eigenvalue weighted by Crippen LogP contribution is -2.49. The van der Waals surface area contributed by atoms with Gasteiger partial charge in [-0.2, -0.15) is 13.2 Å². The maximum absolute atomic E-state index is 13.4. The largest absolute Gasteiger partial charge is 0.446 e. The van der Waals surface area contributed by atoms with Gasteiger partial charge in [-0.3, -0.25) is 14.7 Å². The fraction of sp³-hybridized carbons (Fsp3) is 0.333. The highest BCUT2D eigenvalue weighted by Gasteiger charge is 2.30. The van der Waals surface area contributed by atoms with E-state index >= 15 is 0 Å². The molecule has 2 fully saturated rings. The Hall–Kier alpha value is -3.24. The third-order valence-corrected chi connectivity index (χ3v) is 7.46. The summed E-state index contributed by atoms with van der Waals surface area (Å²) in [7, 11) is 0. The molecule has 194 valence electrons. The third-order valence-electron chi connectivity index (χ3n) is 6.72. The first-order valence-corrected chi connectivity index (χ1v) is 13.0. The number of anilines is 2. The molecule has 2 aliphatic heterocycles. The molecule has 0 aliphatic carbocycles. The summed E-state index contributed by atoms with van der Waals surface area (Å²) in [5.41, 5.74) is -0.673. The van der Waals surface area contributed by atoms with Gasteiger partial charge in [0.2, 0.25) is 0 Å². The number of carbonyl (C=O) groups is 1. The van der Waals surface area contributed by atoms with Gasteiger partial charge in [0, 0.05) is 74.5 Å². The average molecular weight is 528 g/mol. The summed E-state index contributed by atoms with van der Waals surface area (Å²) in [4.78, 5) is 26.4. The molecule has 2 aliphatic rings. The second kappa shape index (κ2) is 11.0. The van der Waals surface area contributed by atoms with Crippen molar-refractivity contribution in [3.05, 3.63) is 84.2 Å². The maximum Gasteiger partial charge on any atom is 0.446 e. The van der Waals surface area contributed by atoms with E-state index in [4.69, 9.17) is 0 Å². The highest BCUT2D eigenvalue weighted by atomic mass is 32.2. The van der Waals surface area contributed by atoms with E-state index in [-0.39, 0.29) is 22.6 Å². The van der Waals surface area contributed by atoms with E-state index in [0.29, 0.717) is 31.9 Å². The molecule has 2 saturated heterocycles. The van der Waals surface area contributed by atoms with Gasteiger partial charge in [0.15, 0.2) is 0 Å². The van der Waals surface area contributed by atoms with E-state index in [1.165, 1.54) is 17.8 Å². The molecule has 0 radical (unpaired) electrons. The van der Waals surface area contributed by atoms with Crippen molar-refractivity contribution in [1.82, 2.24) is 14.8 Å². The SMILES string of the molecule is O=C(c1cnccc1CN1CCN(c2ccc(SC(F)(F)F)cc2)C1)N1CCN(c2ccccc2)CC1. The highest BCUT2D eigenvalue weighted by Crippen LogP contribution is 2.37. The molecule has 0 unspecified atom stereocenters. The van der Waals surface area contributed by atoms with Crippen molar-refractivity contribution in [1.29, 1.82) is 0 Å². The number of piperazine rings is 1. The van der Waals surface area contributed by atoms with Crippen LogP contribution in [0.25, 0.3) is 0 Å². The first-order valence-electron chi connectivity index (χ1n) is 12.2. The Morgan fingerprint density at radius 3 is 2.22 bits per heavy atom. The van der Waals surface area contributed by atoms with Gasteiger partial charge < -0.3 is 14.7 Å². The molecule has 1 aromatic heterocycles.